The van der Waals surface area contributed by atoms with Crippen LogP contribution in [0.15, 0.2) is 28.9 Å². The fourth-order valence-corrected chi connectivity index (χ4v) is 1.08. The quantitative estimate of drug-likeness (QED) is 0.562. The van der Waals surface area contributed by atoms with Gasteiger partial charge >= 0.3 is 0 Å². The maximum absolute atomic E-state index is 12.9. The number of hydrogen-bond acceptors (Lipinski definition) is 1. The molecule has 2 heteroatoms. The Balaban J connectivity index is 2.86. The van der Waals surface area contributed by atoms with Gasteiger partial charge in [0.2, 0.25) is 0 Å². The third-order valence-electron chi connectivity index (χ3n) is 1.73. The van der Waals surface area contributed by atoms with Crippen LogP contribution in [0.1, 0.15) is 5.56 Å². The molecule has 2 rings (SSSR count). The van der Waals surface area contributed by atoms with Crippen LogP contribution in [-0.2, 0) is 0 Å². The van der Waals surface area contributed by atoms with E-state index in [2.05, 4.69) is 0 Å². The van der Waals surface area contributed by atoms with Crippen LogP contribution in [0.4, 0.5) is 4.39 Å². The molecule has 0 N–H and O–H groups in total. The molecule has 0 saturated carbocycles. The Labute approximate surface area is 63.4 Å². The fraction of sp³-hybridized carbons (Fsp3) is 0.111. The molecule has 0 fully saturated rings. The predicted octanol–water partition coefficient (Wildman–Crippen LogP) is 2.88. The monoisotopic (exact) mass is 150 g/mol. The highest BCUT2D eigenvalue weighted by Crippen LogP contribution is 2.19. The van der Waals surface area contributed by atoms with Crippen LogP contribution < -0.4 is 0 Å². The maximum atomic E-state index is 12.9. The van der Waals surface area contributed by atoms with Gasteiger partial charge in [-0.25, -0.2) is 4.39 Å². The summed E-state index contributed by atoms with van der Waals surface area (Å²) in [6, 6.07) is 4.93. The van der Waals surface area contributed by atoms with Gasteiger partial charge in [0.05, 0.1) is 6.26 Å². The number of aryl methyl sites for hydroxylation is 1. The SMILES string of the molecule is Cc1cc2occc2cc1F. The van der Waals surface area contributed by atoms with Crippen molar-refractivity contribution >= 4 is 11.0 Å². The first-order chi connectivity index (χ1) is 5.27. The average molecular weight is 150 g/mol. The molecule has 0 spiro atoms. The second kappa shape index (κ2) is 2.09. The molecule has 0 unspecified atom stereocenters. The van der Waals surface area contributed by atoms with E-state index in [1.807, 2.05) is 0 Å². The van der Waals surface area contributed by atoms with Gasteiger partial charge in [-0.2, -0.15) is 0 Å². The molecule has 0 amide bonds. The molecular weight excluding hydrogens is 143 g/mol. The number of rotatable bonds is 0. The van der Waals surface area contributed by atoms with E-state index in [-0.39, 0.29) is 5.82 Å². The summed E-state index contributed by atoms with van der Waals surface area (Å²) in [4.78, 5) is 0. The molecule has 0 radical (unpaired) electrons. The van der Waals surface area contributed by atoms with Crippen LogP contribution in [0.5, 0.6) is 0 Å². The van der Waals surface area contributed by atoms with Crippen molar-refractivity contribution in [1.82, 2.24) is 0 Å². The van der Waals surface area contributed by atoms with Gasteiger partial charge in [0.15, 0.2) is 0 Å². The highest BCUT2D eigenvalue weighted by atomic mass is 19.1. The van der Waals surface area contributed by atoms with Gasteiger partial charge in [-0.3, -0.25) is 0 Å². The van der Waals surface area contributed by atoms with E-state index in [4.69, 9.17) is 4.42 Å². The number of benzene rings is 1. The molecule has 1 nitrogen and oxygen atoms in total. The summed E-state index contributed by atoms with van der Waals surface area (Å²) in [6.45, 7) is 1.72. The molecule has 0 bridgehead atoms. The van der Waals surface area contributed by atoms with Gasteiger partial charge in [-0.05, 0) is 30.7 Å². The highest BCUT2D eigenvalue weighted by Gasteiger charge is 2.01. The van der Waals surface area contributed by atoms with Crippen molar-refractivity contribution in [2.24, 2.45) is 0 Å². The third kappa shape index (κ3) is 0.909. The topological polar surface area (TPSA) is 13.1 Å². The molecule has 11 heavy (non-hydrogen) atoms. The van der Waals surface area contributed by atoms with Crippen molar-refractivity contribution in [2.45, 2.75) is 6.92 Å². The van der Waals surface area contributed by atoms with Crippen molar-refractivity contribution < 1.29 is 8.81 Å². The van der Waals surface area contributed by atoms with Crippen LogP contribution in [0.2, 0.25) is 0 Å². The van der Waals surface area contributed by atoms with E-state index in [1.54, 1.807) is 25.3 Å². The van der Waals surface area contributed by atoms with Crippen LogP contribution in [0, 0.1) is 12.7 Å². The summed E-state index contributed by atoms with van der Waals surface area (Å²) < 4.78 is 18.0. The van der Waals surface area contributed by atoms with E-state index in [9.17, 15) is 4.39 Å². The lowest BCUT2D eigenvalue weighted by Crippen LogP contribution is -1.79. The number of furan rings is 1. The fourth-order valence-electron chi connectivity index (χ4n) is 1.08. The van der Waals surface area contributed by atoms with Gasteiger partial charge in [-0.1, -0.05) is 0 Å². The van der Waals surface area contributed by atoms with Crippen LogP contribution >= 0.6 is 0 Å². The molecule has 1 heterocycles. The van der Waals surface area contributed by atoms with Crippen molar-refractivity contribution in [3.63, 3.8) is 0 Å². The molecular formula is C9H7FO. The molecule has 2 aromatic rings. The Morgan fingerprint density at radius 3 is 3.00 bits per heavy atom. The van der Waals surface area contributed by atoms with Gasteiger partial charge in [-0.15, -0.1) is 0 Å². The summed E-state index contributed by atoms with van der Waals surface area (Å²) in [6.07, 6.45) is 1.56. The van der Waals surface area contributed by atoms with Crippen LogP contribution in [-0.4, -0.2) is 0 Å². The molecule has 0 aliphatic rings. The molecule has 56 valence electrons. The van der Waals surface area contributed by atoms with Gasteiger partial charge in [0, 0.05) is 5.39 Å². The van der Waals surface area contributed by atoms with Crippen molar-refractivity contribution in [3.05, 3.63) is 35.8 Å². The minimum Gasteiger partial charge on any atom is -0.464 e. The first kappa shape index (κ1) is 6.40. The van der Waals surface area contributed by atoms with E-state index >= 15 is 0 Å². The number of fused-ring (bicyclic) bond motifs is 1. The van der Waals surface area contributed by atoms with E-state index in [0.717, 1.165) is 11.0 Å². The summed E-state index contributed by atoms with van der Waals surface area (Å²) in [5.41, 5.74) is 1.36. The number of hydrogen-bond donors (Lipinski definition) is 0. The lowest BCUT2D eigenvalue weighted by Gasteiger charge is -1.93. The van der Waals surface area contributed by atoms with E-state index in [0.29, 0.717) is 5.56 Å². The summed E-state index contributed by atoms with van der Waals surface area (Å²) >= 11 is 0. The van der Waals surface area contributed by atoms with Crippen molar-refractivity contribution in [1.29, 1.82) is 0 Å². The average Bonchev–Trinajstić information content (AvgIpc) is 2.36. The maximum Gasteiger partial charge on any atom is 0.134 e. The molecule has 0 aliphatic heterocycles. The van der Waals surface area contributed by atoms with Crippen LogP contribution in [0.3, 0.4) is 0 Å². The third-order valence-corrected chi connectivity index (χ3v) is 1.73. The van der Waals surface area contributed by atoms with Gasteiger partial charge in [0.25, 0.3) is 0 Å². The zero-order chi connectivity index (χ0) is 7.84. The smallest absolute Gasteiger partial charge is 0.134 e. The molecule has 0 atom stereocenters. The zero-order valence-electron chi connectivity index (χ0n) is 6.10. The largest absolute Gasteiger partial charge is 0.464 e. The zero-order valence-corrected chi connectivity index (χ0v) is 6.10. The highest BCUT2D eigenvalue weighted by molar-refractivity contribution is 5.77. The second-order valence-electron chi connectivity index (χ2n) is 2.56. The Morgan fingerprint density at radius 1 is 1.36 bits per heavy atom. The van der Waals surface area contributed by atoms with E-state index < -0.39 is 0 Å². The molecule has 1 aromatic carbocycles. The van der Waals surface area contributed by atoms with Gasteiger partial charge < -0.3 is 4.42 Å². The standard InChI is InChI=1S/C9H7FO/c1-6-4-9-7(2-3-11-9)5-8(6)10/h2-5H,1H3. The first-order valence-corrected chi connectivity index (χ1v) is 3.41. The molecule has 1 aromatic heterocycles. The Morgan fingerprint density at radius 2 is 2.18 bits per heavy atom. The molecule has 0 aliphatic carbocycles. The summed E-state index contributed by atoms with van der Waals surface area (Å²) in [5, 5.41) is 0.813. The minimum atomic E-state index is -0.182. The number of halogens is 1. The predicted molar refractivity (Wildman–Crippen MR) is 40.9 cm³/mol. The lowest BCUT2D eigenvalue weighted by atomic mass is 10.2. The van der Waals surface area contributed by atoms with Gasteiger partial charge in [0.1, 0.15) is 11.4 Å². The second-order valence-corrected chi connectivity index (χ2v) is 2.56. The van der Waals surface area contributed by atoms with Crippen molar-refractivity contribution in [2.75, 3.05) is 0 Å². The lowest BCUT2D eigenvalue weighted by molar-refractivity contribution is 0.605. The Bertz CT molecular complexity index is 353. The normalized spacial score (nSPS) is 10.7. The van der Waals surface area contributed by atoms with Crippen molar-refractivity contribution in [3.8, 4) is 0 Å². The Kier molecular flexibility index (Phi) is 1.22. The van der Waals surface area contributed by atoms with E-state index in [1.165, 1.54) is 6.07 Å². The Hall–Kier alpha value is -1.31. The summed E-state index contributed by atoms with van der Waals surface area (Å²) in [7, 11) is 0. The first-order valence-electron chi connectivity index (χ1n) is 3.41. The minimum absolute atomic E-state index is 0.182. The van der Waals surface area contributed by atoms with Crippen LogP contribution in [0.25, 0.3) is 11.0 Å². The molecule has 0 saturated heterocycles. The summed E-state index contributed by atoms with van der Waals surface area (Å²) in [5.74, 6) is -0.182.